The predicted molar refractivity (Wildman–Crippen MR) is 86.8 cm³/mol. The van der Waals surface area contributed by atoms with Crippen molar-refractivity contribution in [3.05, 3.63) is 0 Å². The molecule has 2 saturated heterocycles. The molecule has 1 unspecified atom stereocenters. The first-order valence-corrected chi connectivity index (χ1v) is 10.5. The predicted octanol–water partition coefficient (Wildman–Crippen LogP) is 2.02. The maximum atomic E-state index is 12.6. The molecule has 1 atom stereocenters. The zero-order valence-corrected chi connectivity index (χ0v) is 14.4. The van der Waals surface area contributed by atoms with E-state index >= 15 is 0 Å². The molecule has 0 aromatic rings. The average molecular weight is 321 g/mol. The molecule has 2 rings (SSSR count). The van der Waals surface area contributed by atoms with E-state index in [1.807, 2.05) is 16.1 Å². The summed E-state index contributed by atoms with van der Waals surface area (Å²) in [6, 6.07) is 0.160. The second kappa shape index (κ2) is 7.47. The molecule has 0 aromatic heterocycles. The fourth-order valence-electron chi connectivity index (χ4n) is 3.00. The van der Waals surface area contributed by atoms with E-state index in [-0.39, 0.29) is 11.3 Å². The number of nitrogens with zero attached hydrogens (tertiary/aromatic N) is 2. The van der Waals surface area contributed by atoms with E-state index in [1.165, 1.54) is 19.3 Å². The van der Waals surface area contributed by atoms with Crippen molar-refractivity contribution in [2.24, 2.45) is 0 Å². The summed E-state index contributed by atoms with van der Waals surface area (Å²) in [5.41, 5.74) is 0. The van der Waals surface area contributed by atoms with E-state index in [2.05, 4.69) is 4.90 Å². The van der Waals surface area contributed by atoms with E-state index in [0.29, 0.717) is 6.54 Å². The summed E-state index contributed by atoms with van der Waals surface area (Å²) < 4.78 is 27.0. The number of thioether (sulfide) groups is 1. The first-order valence-electron chi connectivity index (χ1n) is 7.82. The van der Waals surface area contributed by atoms with Crippen molar-refractivity contribution in [2.75, 3.05) is 37.7 Å². The third-order valence-electron chi connectivity index (χ3n) is 4.22. The minimum Gasteiger partial charge on any atom is -0.302 e. The van der Waals surface area contributed by atoms with Crippen LogP contribution in [0, 0.1) is 0 Å². The molecule has 0 spiro atoms. The Morgan fingerprint density at radius 2 is 1.80 bits per heavy atom. The van der Waals surface area contributed by atoms with E-state index in [0.717, 1.165) is 37.6 Å². The van der Waals surface area contributed by atoms with E-state index in [4.69, 9.17) is 0 Å². The normalized spacial score (nSPS) is 27.6. The number of hydrogen-bond acceptors (Lipinski definition) is 4. The first kappa shape index (κ1) is 16.6. The summed E-state index contributed by atoms with van der Waals surface area (Å²) in [6.45, 7) is 7.48. The minimum atomic E-state index is -3.13. The van der Waals surface area contributed by atoms with Crippen LogP contribution in [0.25, 0.3) is 0 Å². The lowest BCUT2D eigenvalue weighted by Gasteiger charge is -2.35. The maximum absolute atomic E-state index is 12.6. The quantitative estimate of drug-likeness (QED) is 0.794. The molecule has 2 heterocycles. The molecular weight excluding hydrogens is 292 g/mol. The topological polar surface area (TPSA) is 40.6 Å². The molecule has 2 aliphatic rings. The Morgan fingerprint density at radius 3 is 2.45 bits per heavy atom. The number of likely N-dealkylation sites (tertiary alicyclic amines) is 1. The summed E-state index contributed by atoms with van der Waals surface area (Å²) in [4.78, 5) is 2.46. The SMILES string of the molecule is CC(C)S(=O)(=O)N1CCCSCC1CN1CCCCC1. The number of hydrogen-bond donors (Lipinski definition) is 0. The first-order chi connectivity index (χ1) is 9.51. The minimum absolute atomic E-state index is 0.160. The highest BCUT2D eigenvalue weighted by atomic mass is 32.2. The van der Waals surface area contributed by atoms with Crippen LogP contribution in [0.3, 0.4) is 0 Å². The molecule has 6 heteroatoms. The largest absolute Gasteiger partial charge is 0.302 e. The Labute approximate surface area is 128 Å². The Hall–Kier alpha value is 0.220. The van der Waals surface area contributed by atoms with Crippen molar-refractivity contribution in [2.45, 2.75) is 50.8 Å². The van der Waals surface area contributed by atoms with E-state index in [9.17, 15) is 8.42 Å². The van der Waals surface area contributed by atoms with Crippen molar-refractivity contribution in [1.82, 2.24) is 9.21 Å². The molecule has 2 fully saturated rings. The van der Waals surface area contributed by atoms with Gasteiger partial charge in [0, 0.05) is 24.9 Å². The summed E-state index contributed by atoms with van der Waals surface area (Å²) in [5, 5.41) is -0.311. The molecule has 20 heavy (non-hydrogen) atoms. The van der Waals surface area contributed by atoms with Gasteiger partial charge in [-0.3, -0.25) is 0 Å². The second-order valence-electron chi connectivity index (χ2n) is 6.15. The van der Waals surface area contributed by atoms with Crippen LogP contribution >= 0.6 is 11.8 Å². The smallest absolute Gasteiger partial charge is 0.216 e. The Balaban J connectivity index is 2.08. The monoisotopic (exact) mass is 320 g/mol. The lowest BCUT2D eigenvalue weighted by molar-refractivity contribution is 0.183. The third kappa shape index (κ3) is 4.12. The summed E-state index contributed by atoms with van der Waals surface area (Å²) in [6.07, 6.45) is 4.82. The average Bonchev–Trinajstić information content (AvgIpc) is 2.65. The van der Waals surface area contributed by atoms with Crippen molar-refractivity contribution in [3.8, 4) is 0 Å². The number of piperidine rings is 1. The zero-order valence-electron chi connectivity index (χ0n) is 12.8. The lowest BCUT2D eigenvalue weighted by Crippen LogP contribution is -2.50. The van der Waals surface area contributed by atoms with Gasteiger partial charge >= 0.3 is 0 Å². The van der Waals surface area contributed by atoms with Gasteiger partial charge in [0.15, 0.2) is 0 Å². The highest BCUT2D eigenvalue weighted by Gasteiger charge is 2.34. The molecule has 0 bridgehead atoms. The van der Waals surface area contributed by atoms with Crippen molar-refractivity contribution in [1.29, 1.82) is 0 Å². The van der Waals surface area contributed by atoms with Gasteiger partial charge < -0.3 is 4.90 Å². The van der Waals surface area contributed by atoms with Gasteiger partial charge in [0.25, 0.3) is 0 Å². The van der Waals surface area contributed by atoms with Crippen LogP contribution in [0.4, 0.5) is 0 Å². The molecule has 0 amide bonds. The Morgan fingerprint density at radius 1 is 1.10 bits per heavy atom. The fraction of sp³-hybridized carbons (Fsp3) is 1.00. The summed E-state index contributed by atoms with van der Waals surface area (Å²) in [7, 11) is -3.13. The molecular formula is C14H28N2O2S2. The molecule has 0 aromatic carbocycles. The number of sulfonamides is 1. The van der Waals surface area contributed by atoms with E-state index in [1.54, 1.807) is 13.8 Å². The lowest BCUT2D eigenvalue weighted by atomic mass is 10.1. The highest BCUT2D eigenvalue weighted by Crippen LogP contribution is 2.23. The van der Waals surface area contributed by atoms with Gasteiger partial charge in [0.05, 0.1) is 5.25 Å². The summed E-state index contributed by atoms with van der Waals surface area (Å²) >= 11 is 1.91. The van der Waals surface area contributed by atoms with E-state index < -0.39 is 10.0 Å². The van der Waals surface area contributed by atoms with Gasteiger partial charge in [0.1, 0.15) is 0 Å². The van der Waals surface area contributed by atoms with Crippen LogP contribution < -0.4 is 0 Å². The molecule has 0 N–H and O–H groups in total. The zero-order chi connectivity index (χ0) is 14.6. The van der Waals surface area contributed by atoms with Crippen molar-refractivity contribution >= 4 is 21.8 Å². The van der Waals surface area contributed by atoms with Crippen LogP contribution in [-0.4, -0.2) is 66.6 Å². The van der Waals surface area contributed by atoms with Gasteiger partial charge in [-0.05, 0) is 52.0 Å². The van der Waals surface area contributed by atoms with Gasteiger partial charge in [-0.25, -0.2) is 8.42 Å². The van der Waals surface area contributed by atoms with Crippen LogP contribution in [0.1, 0.15) is 39.5 Å². The van der Waals surface area contributed by atoms with Gasteiger partial charge in [-0.1, -0.05) is 6.42 Å². The molecule has 118 valence electrons. The van der Waals surface area contributed by atoms with Gasteiger partial charge in [-0.15, -0.1) is 0 Å². The molecule has 2 aliphatic heterocycles. The van der Waals surface area contributed by atoms with Crippen LogP contribution in [0.2, 0.25) is 0 Å². The van der Waals surface area contributed by atoms with Crippen LogP contribution in [0.5, 0.6) is 0 Å². The van der Waals surface area contributed by atoms with Gasteiger partial charge in [-0.2, -0.15) is 16.1 Å². The molecule has 0 radical (unpaired) electrons. The fourth-order valence-corrected chi connectivity index (χ4v) is 5.63. The van der Waals surface area contributed by atoms with Crippen LogP contribution in [0.15, 0.2) is 0 Å². The standard InChI is InChI=1S/C14H28N2O2S2/c1-13(2)20(17,18)16-9-6-10-19-12-14(16)11-15-7-4-3-5-8-15/h13-14H,3-12H2,1-2H3. The maximum Gasteiger partial charge on any atom is 0.216 e. The highest BCUT2D eigenvalue weighted by molar-refractivity contribution is 7.99. The molecule has 0 saturated carbocycles. The van der Waals surface area contributed by atoms with Gasteiger partial charge in [0.2, 0.25) is 10.0 Å². The van der Waals surface area contributed by atoms with Crippen molar-refractivity contribution < 1.29 is 8.42 Å². The second-order valence-corrected chi connectivity index (χ2v) is 9.74. The third-order valence-corrected chi connectivity index (χ3v) is 7.75. The van der Waals surface area contributed by atoms with Crippen molar-refractivity contribution in [3.63, 3.8) is 0 Å². The summed E-state index contributed by atoms with van der Waals surface area (Å²) in [5.74, 6) is 2.03. The Kier molecular flexibility index (Phi) is 6.20. The Bertz CT molecular complexity index is 392. The molecule has 4 nitrogen and oxygen atoms in total. The number of rotatable bonds is 4. The van der Waals surface area contributed by atoms with Crippen LogP contribution in [-0.2, 0) is 10.0 Å². The molecule has 0 aliphatic carbocycles.